The second-order valence-corrected chi connectivity index (χ2v) is 3.39. The first-order valence-corrected chi connectivity index (χ1v) is 4.19. The molecule has 1 atom stereocenters. The second-order valence-electron chi connectivity index (χ2n) is 2.22. The lowest BCUT2D eigenvalue weighted by Crippen LogP contribution is -1.98. The summed E-state index contributed by atoms with van der Waals surface area (Å²) in [6, 6.07) is 7.65. The lowest BCUT2D eigenvalue weighted by atomic mass is 10.2. The van der Waals surface area contributed by atoms with Crippen molar-refractivity contribution in [2.75, 3.05) is 0 Å². The molecule has 1 aromatic carbocycles. The Balaban J connectivity index is 2.66. The number of aryl methyl sites for hydroxylation is 1. The van der Waals surface area contributed by atoms with Gasteiger partial charge in [-0.15, -0.1) is 12.6 Å². The van der Waals surface area contributed by atoms with Crippen LogP contribution < -0.4 is 4.74 Å². The first kappa shape index (κ1) is 8.75. The van der Waals surface area contributed by atoms with Crippen molar-refractivity contribution in [3.63, 3.8) is 0 Å². The zero-order chi connectivity index (χ0) is 8.27. The molecule has 0 heterocycles. The van der Waals surface area contributed by atoms with Crippen molar-refractivity contribution in [2.24, 2.45) is 0 Å². The van der Waals surface area contributed by atoms with E-state index in [0.29, 0.717) is 0 Å². The van der Waals surface area contributed by atoms with Crippen LogP contribution >= 0.6 is 24.2 Å². The molecular weight excluding hydrogens is 180 g/mol. The van der Waals surface area contributed by atoms with Gasteiger partial charge in [-0.1, -0.05) is 29.3 Å². The Morgan fingerprint density at radius 3 is 2.36 bits per heavy atom. The van der Waals surface area contributed by atoms with Crippen LogP contribution in [0.4, 0.5) is 0 Å². The van der Waals surface area contributed by atoms with Gasteiger partial charge in [-0.05, 0) is 19.1 Å². The summed E-state index contributed by atoms with van der Waals surface area (Å²) < 4.78 is 5.10. The van der Waals surface area contributed by atoms with Crippen molar-refractivity contribution in [2.45, 2.75) is 11.8 Å². The van der Waals surface area contributed by atoms with Crippen molar-refractivity contribution >= 4 is 24.2 Å². The molecule has 0 amide bonds. The molecule has 1 unspecified atom stereocenters. The van der Waals surface area contributed by atoms with Gasteiger partial charge in [0.1, 0.15) is 5.75 Å². The second kappa shape index (κ2) is 3.88. The van der Waals surface area contributed by atoms with Crippen molar-refractivity contribution in [1.82, 2.24) is 0 Å². The molecule has 0 aliphatic carbocycles. The van der Waals surface area contributed by atoms with Crippen LogP contribution in [0.1, 0.15) is 5.56 Å². The highest BCUT2D eigenvalue weighted by atomic mass is 35.5. The zero-order valence-corrected chi connectivity index (χ0v) is 7.77. The molecule has 0 aliphatic rings. The number of benzene rings is 1. The normalized spacial score (nSPS) is 12.6. The average Bonchev–Trinajstić information content (AvgIpc) is 1.93. The molecule has 0 spiro atoms. The third-order valence-corrected chi connectivity index (χ3v) is 1.45. The summed E-state index contributed by atoms with van der Waals surface area (Å²) in [6.45, 7) is 2.02. The van der Waals surface area contributed by atoms with Crippen LogP contribution in [0.5, 0.6) is 5.75 Å². The molecule has 1 nitrogen and oxygen atoms in total. The van der Waals surface area contributed by atoms with Crippen LogP contribution in [0.25, 0.3) is 0 Å². The van der Waals surface area contributed by atoms with Crippen molar-refractivity contribution in [3.05, 3.63) is 29.8 Å². The minimum absolute atomic E-state index is 0.572. The Kier molecular flexibility index (Phi) is 3.09. The third kappa shape index (κ3) is 3.04. The highest BCUT2D eigenvalue weighted by Crippen LogP contribution is 2.15. The Bertz CT molecular complexity index is 220. The lowest BCUT2D eigenvalue weighted by molar-refractivity contribution is 0.362. The first-order chi connectivity index (χ1) is 5.18. The maximum absolute atomic E-state index is 5.49. The van der Waals surface area contributed by atoms with Crippen molar-refractivity contribution < 1.29 is 4.74 Å². The molecule has 0 saturated heterocycles. The van der Waals surface area contributed by atoms with E-state index in [1.54, 1.807) is 0 Å². The Morgan fingerprint density at radius 2 is 1.91 bits per heavy atom. The van der Waals surface area contributed by atoms with Gasteiger partial charge in [0.15, 0.2) is 0 Å². The van der Waals surface area contributed by atoms with Gasteiger partial charge >= 0.3 is 0 Å². The molecule has 11 heavy (non-hydrogen) atoms. The third-order valence-electron chi connectivity index (χ3n) is 1.25. The average molecular weight is 189 g/mol. The molecule has 0 aliphatic heterocycles. The lowest BCUT2D eigenvalue weighted by Gasteiger charge is -2.06. The predicted octanol–water partition coefficient (Wildman–Crippen LogP) is 2.83. The van der Waals surface area contributed by atoms with E-state index < -0.39 is 4.90 Å². The summed E-state index contributed by atoms with van der Waals surface area (Å²) in [7, 11) is 0. The summed E-state index contributed by atoms with van der Waals surface area (Å²) in [5.41, 5.74) is 1.20. The Labute approximate surface area is 76.7 Å². The molecule has 0 fully saturated rings. The van der Waals surface area contributed by atoms with Gasteiger partial charge in [0, 0.05) is 0 Å². The van der Waals surface area contributed by atoms with Gasteiger partial charge in [-0.2, -0.15) is 0 Å². The van der Waals surface area contributed by atoms with Crippen LogP contribution in [0.15, 0.2) is 24.3 Å². The number of halogens is 1. The summed E-state index contributed by atoms with van der Waals surface area (Å²) in [6.07, 6.45) is 0. The summed E-state index contributed by atoms with van der Waals surface area (Å²) >= 11 is 9.37. The van der Waals surface area contributed by atoms with E-state index >= 15 is 0 Å². The van der Waals surface area contributed by atoms with Crippen LogP contribution in [-0.2, 0) is 0 Å². The maximum atomic E-state index is 5.49. The predicted molar refractivity (Wildman–Crippen MR) is 50.4 cm³/mol. The zero-order valence-electron chi connectivity index (χ0n) is 6.12. The Morgan fingerprint density at radius 1 is 1.36 bits per heavy atom. The molecule has 0 N–H and O–H groups in total. The van der Waals surface area contributed by atoms with E-state index in [2.05, 4.69) is 12.6 Å². The fourth-order valence-electron chi connectivity index (χ4n) is 0.729. The van der Waals surface area contributed by atoms with Gasteiger partial charge in [-0.25, -0.2) is 0 Å². The molecule has 1 rings (SSSR count). The fourth-order valence-corrected chi connectivity index (χ4v) is 0.954. The minimum Gasteiger partial charge on any atom is -0.466 e. The first-order valence-electron chi connectivity index (χ1n) is 3.24. The number of thiol groups is 1. The van der Waals surface area contributed by atoms with E-state index in [4.69, 9.17) is 16.3 Å². The highest BCUT2D eigenvalue weighted by Gasteiger charge is 1.97. The van der Waals surface area contributed by atoms with Gasteiger partial charge < -0.3 is 4.74 Å². The largest absolute Gasteiger partial charge is 0.466 e. The van der Waals surface area contributed by atoms with E-state index in [-0.39, 0.29) is 0 Å². The number of hydrogen-bond donors (Lipinski definition) is 1. The molecule has 0 saturated carbocycles. The van der Waals surface area contributed by atoms with E-state index in [0.717, 1.165) is 5.75 Å². The Hall–Kier alpha value is -0.340. The summed E-state index contributed by atoms with van der Waals surface area (Å²) in [4.78, 5) is -0.572. The smallest absolute Gasteiger partial charge is 0.216 e. The minimum atomic E-state index is -0.572. The molecule has 1 aromatic rings. The molecular formula is C8H9ClOS. The highest BCUT2D eigenvalue weighted by molar-refractivity contribution is 7.82. The van der Waals surface area contributed by atoms with Gasteiger partial charge in [-0.3, -0.25) is 0 Å². The summed E-state index contributed by atoms with van der Waals surface area (Å²) in [5.74, 6) is 0.741. The topological polar surface area (TPSA) is 9.23 Å². The molecule has 0 aromatic heterocycles. The van der Waals surface area contributed by atoms with E-state index in [1.165, 1.54) is 5.56 Å². The quantitative estimate of drug-likeness (QED) is 0.427. The number of ether oxygens (including phenoxy) is 1. The SMILES string of the molecule is Cc1ccc(OC(S)Cl)cc1. The number of rotatable bonds is 2. The van der Waals surface area contributed by atoms with Crippen LogP contribution in [0, 0.1) is 6.92 Å². The van der Waals surface area contributed by atoms with E-state index in [9.17, 15) is 0 Å². The van der Waals surface area contributed by atoms with Crippen LogP contribution in [0.3, 0.4) is 0 Å². The number of alkyl halides is 1. The molecule has 0 bridgehead atoms. The molecule has 3 heteroatoms. The van der Waals surface area contributed by atoms with Crippen molar-refractivity contribution in [3.8, 4) is 5.75 Å². The van der Waals surface area contributed by atoms with Gasteiger partial charge in [0.25, 0.3) is 0 Å². The maximum Gasteiger partial charge on any atom is 0.216 e. The molecule has 60 valence electrons. The van der Waals surface area contributed by atoms with Crippen LogP contribution in [0.2, 0.25) is 0 Å². The van der Waals surface area contributed by atoms with Crippen molar-refractivity contribution in [1.29, 1.82) is 0 Å². The van der Waals surface area contributed by atoms with Gasteiger partial charge in [0.2, 0.25) is 4.90 Å². The fraction of sp³-hybridized carbons (Fsp3) is 0.250. The summed E-state index contributed by atoms with van der Waals surface area (Å²) in [5, 5.41) is 0. The van der Waals surface area contributed by atoms with E-state index in [1.807, 2.05) is 31.2 Å². The monoisotopic (exact) mass is 188 g/mol. The van der Waals surface area contributed by atoms with Crippen LogP contribution in [-0.4, -0.2) is 4.90 Å². The standard InChI is InChI=1S/C8H9ClOS/c1-6-2-4-7(5-3-6)10-8(9)11/h2-5,8,11H,1H3. The van der Waals surface area contributed by atoms with Gasteiger partial charge in [0.05, 0.1) is 0 Å². The molecule has 0 radical (unpaired) electrons. The number of hydrogen-bond acceptors (Lipinski definition) is 2.